The summed E-state index contributed by atoms with van der Waals surface area (Å²) in [5.74, 6) is 1.97. The van der Waals surface area contributed by atoms with Gasteiger partial charge in [0.1, 0.15) is 16.6 Å². The van der Waals surface area contributed by atoms with Gasteiger partial charge in [-0.15, -0.1) is 11.3 Å². The number of aryl methyl sites for hydroxylation is 1. The minimum absolute atomic E-state index is 0.0921. The van der Waals surface area contributed by atoms with Gasteiger partial charge in [-0.05, 0) is 50.1 Å². The molecule has 1 aliphatic rings. The lowest BCUT2D eigenvalue weighted by Crippen LogP contribution is -2.02. The Bertz CT molecular complexity index is 967. The Morgan fingerprint density at radius 1 is 1.31 bits per heavy atom. The van der Waals surface area contributed by atoms with Gasteiger partial charge in [0.2, 0.25) is 0 Å². The molecule has 0 amide bonds. The molecule has 7 heteroatoms. The summed E-state index contributed by atoms with van der Waals surface area (Å²) in [6.45, 7) is 2.33. The molecule has 0 bridgehead atoms. The topological polar surface area (TPSA) is 78.1 Å². The molecule has 5 nitrogen and oxygen atoms in total. The molecule has 1 aromatic carbocycles. The lowest BCUT2D eigenvalue weighted by atomic mass is 10.2. The molecule has 1 aliphatic carbocycles. The van der Waals surface area contributed by atoms with Crippen LogP contribution < -0.4 is 10.5 Å². The third-order valence-electron chi connectivity index (χ3n) is 4.05. The minimum atomic E-state index is 0.0921. The van der Waals surface area contributed by atoms with E-state index in [4.69, 9.17) is 10.5 Å². The third kappa shape index (κ3) is 3.90. The first-order chi connectivity index (χ1) is 12.6. The second-order valence-electron chi connectivity index (χ2n) is 6.25. The zero-order valence-corrected chi connectivity index (χ0v) is 16.0. The predicted molar refractivity (Wildman–Crippen MR) is 105 cm³/mol. The van der Waals surface area contributed by atoms with E-state index in [1.165, 1.54) is 23.1 Å². The van der Waals surface area contributed by atoms with Crippen molar-refractivity contribution in [3.05, 3.63) is 45.9 Å². The van der Waals surface area contributed by atoms with Crippen LogP contribution in [0.25, 0.3) is 10.9 Å². The zero-order valence-electron chi connectivity index (χ0n) is 14.4. The Morgan fingerprint density at radius 3 is 2.88 bits per heavy atom. The van der Waals surface area contributed by atoms with Gasteiger partial charge in [0, 0.05) is 16.8 Å². The third-order valence-corrected chi connectivity index (χ3v) is 6.19. The van der Waals surface area contributed by atoms with Crippen molar-refractivity contribution in [2.75, 3.05) is 5.75 Å². The molecule has 2 heterocycles. The number of rotatable bonds is 7. The monoisotopic (exact) mass is 385 g/mol. The molecule has 0 spiro atoms. The van der Waals surface area contributed by atoms with Crippen molar-refractivity contribution in [2.24, 2.45) is 5.73 Å². The smallest absolute Gasteiger partial charge is 0.183 e. The quantitative estimate of drug-likeness (QED) is 0.377. The summed E-state index contributed by atoms with van der Waals surface area (Å²) in [5.41, 5.74) is 6.50. The van der Waals surface area contributed by atoms with Crippen LogP contribution in [0.2, 0.25) is 0 Å². The molecule has 1 saturated carbocycles. The molecular weight excluding hydrogens is 366 g/mol. The fraction of sp³-hybridized carbons (Fsp3) is 0.316. The summed E-state index contributed by atoms with van der Waals surface area (Å²) in [5, 5.41) is 1.75. The molecule has 3 aromatic rings. The lowest BCUT2D eigenvalue weighted by molar-refractivity contribution is 0.102. The Labute approximate surface area is 160 Å². The van der Waals surface area contributed by atoms with E-state index in [9.17, 15) is 4.79 Å². The number of carbonyl (C=O) groups is 1. The number of nitrogens with zero attached hydrogens (tertiary/aromatic N) is 2. The maximum absolute atomic E-state index is 12.5. The van der Waals surface area contributed by atoms with E-state index in [0.29, 0.717) is 24.2 Å². The SMILES string of the molecule is Cc1nc(SCC(=O)c2ccc(CN)s2)c2cc(OC3CC3)ccc2n1. The summed E-state index contributed by atoms with van der Waals surface area (Å²) in [6, 6.07) is 9.65. The van der Waals surface area contributed by atoms with Gasteiger partial charge in [-0.25, -0.2) is 9.97 Å². The highest BCUT2D eigenvalue weighted by molar-refractivity contribution is 8.00. The molecule has 0 saturated heterocycles. The van der Waals surface area contributed by atoms with Crippen LogP contribution in [-0.4, -0.2) is 27.6 Å². The number of hydrogen-bond acceptors (Lipinski definition) is 7. The summed E-state index contributed by atoms with van der Waals surface area (Å²) < 4.78 is 5.89. The maximum Gasteiger partial charge on any atom is 0.183 e. The number of benzene rings is 1. The number of thiophene rings is 1. The second kappa shape index (κ2) is 7.34. The Morgan fingerprint density at radius 2 is 2.15 bits per heavy atom. The van der Waals surface area contributed by atoms with Crippen molar-refractivity contribution in [1.29, 1.82) is 0 Å². The van der Waals surface area contributed by atoms with Gasteiger partial charge in [-0.2, -0.15) is 0 Å². The highest BCUT2D eigenvalue weighted by Crippen LogP contribution is 2.32. The van der Waals surface area contributed by atoms with Crippen molar-refractivity contribution in [2.45, 2.75) is 37.4 Å². The molecule has 0 atom stereocenters. The van der Waals surface area contributed by atoms with Crippen molar-refractivity contribution < 1.29 is 9.53 Å². The first-order valence-corrected chi connectivity index (χ1v) is 10.3. The highest BCUT2D eigenvalue weighted by atomic mass is 32.2. The summed E-state index contributed by atoms with van der Waals surface area (Å²) in [6.07, 6.45) is 2.57. The van der Waals surface area contributed by atoms with Gasteiger partial charge in [0.05, 0.1) is 22.3 Å². The van der Waals surface area contributed by atoms with Crippen LogP contribution in [0.4, 0.5) is 0 Å². The van der Waals surface area contributed by atoms with E-state index >= 15 is 0 Å². The van der Waals surface area contributed by atoms with E-state index in [1.54, 1.807) is 0 Å². The standard InChI is InChI=1S/C19H19N3O2S2/c1-11-21-16-6-4-13(24-12-2-3-12)8-15(16)19(22-11)25-10-17(23)18-7-5-14(9-20)26-18/h4-8,12H,2-3,9-10,20H2,1H3. The lowest BCUT2D eigenvalue weighted by Gasteiger charge is -2.09. The van der Waals surface area contributed by atoms with E-state index in [1.807, 2.05) is 37.3 Å². The molecule has 2 aromatic heterocycles. The number of aromatic nitrogens is 2. The molecule has 0 unspecified atom stereocenters. The molecule has 0 radical (unpaired) electrons. The van der Waals surface area contributed by atoms with Crippen molar-refractivity contribution in [1.82, 2.24) is 9.97 Å². The van der Waals surface area contributed by atoms with Crippen molar-refractivity contribution >= 4 is 39.8 Å². The minimum Gasteiger partial charge on any atom is -0.490 e. The largest absolute Gasteiger partial charge is 0.490 e. The first-order valence-electron chi connectivity index (χ1n) is 8.52. The molecular formula is C19H19N3O2S2. The Hall–Kier alpha value is -1.96. The number of ketones is 1. The van der Waals surface area contributed by atoms with Crippen LogP contribution >= 0.6 is 23.1 Å². The van der Waals surface area contributed by atoms with Crippen LogP contribution in [0.5, 0.6) is 5.75 Å². The Balaban J connectivity index is 1.56. The van der Waals surface area contributed by atoms with Crippen LogP contribution in [0.1, 0.15) is 33.2 Å². The number of ether oxygens (including phenoxy) is 1. The predicted octanol–water partition coefficient (Wildman–Crippen LogP) is 3.97. The fourth-order valence-corrected chi connectivity index (χ4v) is 4.45. The number of nitrogens with two attached hydrogens (primary N) is 1. The number of fused-ring (bicyclic) bond motifs is 1. The first kappa shape index (κ1) is 17.5. The van der Waals surface area contributed by atoms with Crippen LogP contribution in [0, 0.1) is 6.92 Å². The van der Waals surface area contributed by atoms with Crippen molar-refractivity contribution in [3.8, 4) is 5.75 Å². The number of Topliss-reactive ketones (excluding diaryl/α,β-unsaturated/α-hetero) is 1. The molecule has 2 N–H and O–H groups in total. The molecule has 0 aliphatic heterocycles. The normalized spacial score (nSPS) is 13.9. The van der Waals surface area contributed by atoms with Gasteiger partial charge in [0.25, 0.3) is 0 Å². The van der Waals surface area contributed by atoms with Gasteiger partial charge in [-0.3, -0.25) is 4.79 Å². The van der Waals surface area contributed by atoms with Crippen LogP contribution in [0.15, 0.2) is 35.4 Å². The van der Waals surface area contributed by atoms with Crippen LogP contribution in [-0.2, 0) is 6.54 Å². The number of hydrogen-bond donors (Lipinski definition) is 1. The van der Waals surface area contributed by atoms with Gasteiger partial charge in [0.15, 0.2) is 5.78 Å². The average molecular weight is 386 g/mol. The molecule has 1 fully saturated rings. The van der Waals surface area contributed by atoms with Gasteiger partial charge < -0.3 is 10.5 Å². The van der Waals surface area contributed by atoms with Gasteiger partial charge in [-0.1, -0.05) is 11.8 Å². The van der Waals surface area contributed by atoms with E-state index in [-0.39, 0.29) is 5.78 Å². The summed E-state index contributed by atoms with van der Waals surface area (Å²) >= 11 is 2.90. The fourth-order valence-electron chi connectivity index (χ4n) is 2.59. The molecule has 26 heavy (non-hydrogen) atoms. The summed E-state index contributed by atoms with van der Waals surface area (Å²) in [4.78, 5) is 23.3. The highest BCUT2D eigenvalue weighted by Gasteiger charge is 2.23. The number of carbonyl (C=O) groups excluding carboxylic acids is 1. The molecule has 4 rings (SSSR count). The average Bonchev–Trinajstić information content (AvgIpc) is 3.31. The second-order valence-corrected chi connectivity index (χ2v) is 8.39. The maximum atomic E-state index is 12.5. The Kier molecular flexibility index (Phi) is 4.93. The van der Waals surface area contributed by atoms with Crippen molar-refractivity contribution in [3.63, 3.8) is 0 Å². The summed E-state index contributed by atoms with van der Waals surface area (Å²) in [7, 11) is 0. The van der Waals surface area contributed by atoms with Gasteiger partial charge >= 0.3 is 0 Å². The molecule has 134 valence electrons. The van der Waals surface area contributed by atoms with E-state index < -0.39 is 0 Å². The van der Waals surface area contributed by atoms with Crippen LogP contribution in [0.3, 0.4) is 0 Å². The van der Waals surface area contributed by atoms with E-state index in [2.05, 4.69) is 9.97 Å². The number of thioether (sulfide) groups is 1. The zero-order chi connectivity index (χ0) is 18.1. The van der Waals surface area contributed by atoms with E-state index in [0.717, 1.165) is 44.3 Å².